The molecule has 8 rings (SSSR count). The molecule has 8 fully saturated rings. The zero-order valence-corrected chi connectivity index (χ0v) is 74.4. The van der Waals surface area contributed by atoms with Gasteiger partial charge in [-0.25, -0.2) is 0 Å². The number of carbonyl (C=O) groups excluding carboxylic acids is 4. The molecule has 28 heteroatoms. The molecule has 0 unspecified atom stereocenters. The Labute approximate surface area is 686 Å². The summed E-state index contributed by atoms with van der Waals surface area (Å²) in [7, 11) is 4.07. The van der Waals surface area contributed by atoms with Gasteiger partial charge in [-0.2, -0.15) is 0 Å². The zero-order valence-electron chi connectivity index (χ0n) is 72.9. The van der Waals surface area contributed by atoms with Gasteiger partial charge >= 0.3 is 28.2 Å². The van der Waals surface area contributed by atoms with Gasteiger partial charge in [0.15, 0.2) is 0 Å². The number of halogens is 2. The Morgan fingerprint density at radius 2 is 0.661 bits per heavy atom. The fourth-order valence-corrected chi connectivity index (χ4v) is 12.8. The van der Waals surface area contributed by atoms with E-state index >= 15 is 0 Å². The second kappa shape index (κ2) is 101. The van der Waals surface area contributed by atoms with Gasteiger partial charge in [-0.05, 0) is 283 Å². The molecule has 3 amide bonds. The monoisotopic (exact) mass is 1600 g/mol. The van der Waals surface area contributed by atoms with Crippen LogP contribution in [0.5, 0.6) is 0 Å². The van der Waals surface area contributed by atoms with Crippen LogP contribution in [0.15, 0.2) is 0 Å². The predicted octanol–water partition coefficient (Wildman–Crippen LogP) is 13.0. The molecular formula is C81H186B4Cl2N14O8. The van der Waals surface area contributed by atoms with Gasteiger partial charge in [-0.3, -0.25) is 19.2 Å². The van der Waals surface area contributed by atoms with Crippen LogP contribution in [0.4, 0.5) is 0 Å². The van der Waals surface area contributed by atoms with Gasteiger partial charge in [0, 0.05) is 59.0 Å². The van der Waals surface area contributed by atoms with Crippen LogP contribution in [0, 0.1) is 41.4 Å². The number of carbonyl (C=O) groups is 4. The lowest BCUT2D eigenvalue weighted by Crippen LogP contribution is -2.35. The summed E-state index contributed by atoms with van der Waals surface area (Å²) >= 11 is 10.2. The number of nitrogens with two attached hydrogens (primary N) is 6. The third-order valence-corrected chi connectivity index (χ3v) is 20.1. The van der Waals surface area contributed by atoms with Crippen molar-refractivity contribution in [3.05, 3.63) is 0 Å². The number of rotatable bonds is 24. The molecule has 109 heavy (non-hydrogen) atoms. The summed E-state index contributed by atoms with van der Waals surface area (Å²) < 4.78 is 0. The van der Waals surface area contributed by atoms with Crippen LogP contribution in [0.1, 0.15) is 306 Å². The Kier molecular flexibility index (Phi) is 113. The molecule has 1 heterocycles. The molecule has 0 spiro atoms. The van der Waals surface area contributed by atoms with Crippen LogP contribution < -0.4 is 60.6 Å². The highest BCUT2D eigenvalue weighted by Gasteiger charge is 2.20. The summed E-state index contributed by atoms with van der Waals surface area (Å²) in [6, 6.07) is 0. The van der Waals surface area contributed by atoms with Gasteiger partial charge in [0.05, 0.1) is 0 Å². The third kappa shape index (κ3) is 104. The highest BCUT2D eigenvalue weighted by atomic mass is 35.5. The fraction of sp³-hybridized carbons (Fsp3) is 0.951. The molecule has 7 aliphatic carbocycles. The molecule has 0 atom stereocenters. The quantitative estimate of drug-likeness (QED) is 0.0185. The van der Waals surface area contributed by atoms with E-state index in [1.807, 2.05) is 53.5 Å². The van der Waals surface area contributed by atoms with Gasteiger partial charge in [0.1, 0.15) is 0 Å². The highest BCUT2D eigenvalue weighted by molar-refractivity contribution is 6.63. The van der Waals surface area contributed by atoms with Crippen molar-refractivity contribution in [2.24, 2.45) is 75.8 Å². The Morgan fingerprint density at radius 1 is 0.450 bits per heavy atom. The predicted molar refractivity (Wildman–Crippen MR) is 482 cm³/mol. The summed E-state index contributed by atoms with van der Waals surface area (Å²) in [5.41, 5.74) is 31.1. The van der Waals surface area contributed by atoms with Gasteiger partial charge in [0.2, 0.25) is 24.0 Å². The molecule has 0 bridgehead atoms. The van der Waals surface area contributed by atoms with E-state index in [1.54, 1.807) is 51.2 Å². The lowest BCUT2D eigenvalue weighted by atomic mass is 9.84. The number of hydrogen-bond donors (Lipinski definition) is 15. The first-order valence-electron chi connectivity index (χ1n) is 43.7. The Hall–Kier alpha value is -1.68. The van der Waals surface area contributed by atoms with Crippen molar-refractivity contribution in [1.29, 1.82) is 0 Å². The van der Waals surface area contributed by atoms with Gasteiger partial charge in [-0.1, -0.05) is 170 Å². The SMILES string of the molecule is C.CB(O)NCC1CCCCC1.CB(O)NCC1CCCCC1.CB(O)NCC1CCCCC1.CB(O)NCC1CCCCC1.CCN.CCN.CCN.CCN(C)C=O.CCN(C)C=O.CCN1CCCC1=O.CCNC.NCC1CCCCC1.NCC1CCCCC1.NCC1CCCCC1.O=C(Cl)CCCCl. The minimum Gasteiger partial charge on any atom is -0.437 e. The van der Waals surface area contributed by atoms with E-state index in [9.17, 15) is 19.2 Å². The van der Waals surface area contributed by atoms with Gasteiger partial charge in [0.25, 0.3) is 0 Å². The molecule has 21 N–H and O–H groups in total. The van der Waals surface area contributed by atoms with Crippen LogP contribution >= 0.6 is 23.2 Å². The molecule has 1 saturated heterocycles. The molecule has 8 aliphatic rings. The molecule has 0 aromatic heterocycles. The normalized spacial score (nSPS) is 17.0. The Balaban J connectivity index is -0.000000169. The van der Waals surface area contributed by atoms with Crippen LogP contribution in [0.3, 0.4) is 0 Å². The first-order chi connectivity index (χ1) is 51.8. The number of amides is 3. The first kappa shape index (κ1) is 123. The molecule has 0 aromatic rings. The van der Waals surface area contributed by atoms with Gasteiger partial charge < -0.3 is 95.4 Å². The summed E-state index contributed by atoms with van der Waals surface area (Å²) in [6.07, 6.45) is 53.1. The van der Waals surface area contributed by atoms with E-state index < -0.39 is 0 Å². The van der Waals surface area contributed by atoms with Crippen molar-refractivity contribution >= 4 is 75.4 Å². The van der Waals surface area contributed by atoms with Crippen LogP contribution in [0.2, 0.25) is 27.3 Å². The summed E-state index contributed by atoms with van der Waals surface area (Å²) in [5, 5.41) is 50.8. The molecule has 0 aromatic carbocycles. The molecular weight excluding hydrogens is 1410 g/mol. The lowest BCUT2D eigenvalue weighted by Gasteiger charge is -2.21. The topological polar surface area (TPSA) is 375 Å². The minimum absolute atomic E-state index is 0. The lowest BCUT2D eigenvalue weighted by molar-refractivity contribution is -0.127. The molecule has 0 radical (unpaired) electrons. The van der Waals surface area contributed by atoms with Crippen molar-refractivity contribution in [3.63, 3.8) is 0 Å². The van der Waals surface area contributed by atoms with E-state index in [0.29, 0.717) is 24.6 Å². The van der Waals surface area contributed by atoms with Crippen molar-refractivity contribution in [2.45, 2.75) is 334 Å². The van der Waals surface area contributed by atoms with E-state index in [2.05, 4.69) is 33.2 Å². The number of nitrogens with one attached hydrogen (secondary N) is 5. The summed E-state index contributed by atoms with van der Waals surface area (Å²) in [5.74, 6) is 6.70. The van der Waals surface area contributed by atoms with Crippen molar-refractivity contribution in [2.75, 3.05) is 125 Å². The largest absolute Gasteiger partial charge is 0.437 e. The van der Waals surface area contributed by atoms with Crippen molar-refractivity contribution in [1.82, 2.24) is 40.9 Å². The number of likely N-dealkylation sites (tertiary alicyclic amines) is 1. The average Bonchev–Trinajstić information content (AvgIpc) is 1.87. The zero-order chi connectivity index (χ0) is 83.1. The number of alkyl halides is 1. The molecule has 1 aliphatic heterocycles. The second-order valence-electron chi connectivity index (χ2n) is 30.1. The Bertz CT molecular complexity index is 1570. The number of nitrogens with zero attached hydrogens (tertiary/aromatic N) is 3. The van der Waals surface area contributed by atoms with Crippen LogP contribution in [0.25, 0.3) is 0 Å². The maximum Gasteiger partial charge on any atom is 0.373 e. The number of hydrogen-bond acceptors (Lipinski definition) is 19. The van der Waals surface area contributed by atoms with E-state index in [0.717, 1.165) is 165 Å². The smallest absolute Gasteiger partial charge is 0.373 e. The standard InChI is InChI=1S/4C8H18BNO.3C7H15N.C6H11NO.C4H6Cl2O.2C4H9NO.C3H9N.3C2H7N.CH4/c4*1-9(11)10-7-8-5-3-2-4-6-8;3*8-6-7-4-2-1-3-5-7;1-2-7-5-3-4-6(7)8;5-3-1-2-4(6)7;2*1-3-5(2)4-6;1-3-4-2;3*1-2-3;/h4*8,10-11H,2-7H2,1H3;3*7H,1-6,8H2;2-5H2,1H3;1-3H2;2*4H,3H2,1-2H3;4H,3H2,1-2H3;3*2-3H2,1H3;1H4. The van der Waals surface area contributed by atoms with Crippen LogP contribution in [-0.4, -0.2) is 212 Å². The molecule has 7 saturated carbocycles. The van der Waals surface area contributed by atoms with Crippen molar-refractivity contribution < 1.29 is 39.3 Å². The second-order valence-corrected chi connectivity index (χ2v) is 30.9. The minimum atomic E-state index is -0.336. The summed E-state index contributed by atoms with van der Waals surface area (Å²) in [4.78, 5) is 45.0. The van der Waals surface area contributed by atoms with E-state index in [-0.39, 0.29) is 40.9 Å². The highest BCUT2D eigenvalue weighted by Crippen LogP contribution is 2.27. The molecule has 654 valence electrons. The van der Waals surface area contributed by atoms with Gasteiger partial charge in [-0.15, -0.1) is 11.6 Å². The van der Waals surface area contributed by atoms with E-state index in [1.165, 1.54) is 225 Å². The van der Waals surface area contributed by atoms with E-state index in [4.69, 9.17) is 77.7 Å². The third-order valence-electron chi connectivity index (χ3n) is 19.7. The average molecular weight is 1600 g/mol. The van der Waals surface area contributed by atoms with Crippen LogP contribution in [-0.2, 0) is 19.2 Å². The van der Waals surface area contributed by atoms with Crippen molar-refractivity contribution in [3.8, 4) is 0 Å². The molecule has 22 nitrogen and oxygen atoms in total. The summed E-state index contributed by atoms with van der Waals surface area (Å²) in [6.45, 7) is 34.3. The Morgan fingerprint density at radius 3 is 0.752 bits per heavy atom. The maximum atomic E-state index is 10.7. The maximum absolute atomic E-state index is 10.7. The first-order valence-corrected chi connectivity index (χ1v) is 44.6. The fourth-order valence-electron chi connectivity index (χ4n) is 12.6.